The monoisotopic (exact) mass is 359 g/mol. The lowest BCUT2D eigenvalue weighted by Gasteiger charge is -2.11. The topological polar surface area (TPSA) is 63.2 Å². The van der Waals surface area contributed by atoms with Gasteiger partial charge in [0, 0.05) is 36.5 Å². The lowest BCUT2D eigenvalue weighted by molar-refractivity contribution is 0.0857. The van der Waals surface area contributed by atoms with E-state index in [1.54, 1.807) is 18.3 Å². The highest BCUT2D eigenvalue weighted by molar-refractivity contribution is 6.30. The number of anilines is 1. The fourth-order valence-corrected chi connectivity index (χ4v) is 2.89. The van der Waals surface area contributed by atoms with E-state index in [9.17, 15) is 4.79 Å². The first-order chi connectivity index (χ1) is 12.2. The molecule has 1 atom stereocenters. The molecule has 1 aromatic carbocycles. The summed E-state index contributed by atoms with van der Waals surface area (Å²) in [4.78, 5) is 16.5. The largest absolute Gasteiger partial charge is 0.376 e. The molecule has 0 radical (unpaired) electrons. The average Bonchev–Trinajstić information content (AvgIpc) is 3.15. The molecule has 1 saturated heterocycles. The number of benzene rings is 1. The third kappa shape index (κ3) is 5.44. The Hall–Kier alpha value is -2.11. The van der Waals surface area contributed by atoms with Crippen molar-refractivity contribution in [2.45, 2.75) is 25.4 Å². The summed E-state index contributed by atoms with van der Waals surface area (Å²) in [6, 6.07) is 11.3. The van der Waals surface area contributed by atoms with Crippen molar-refractivity contribution in [1.82, 2.24) is 10.3 Å². The van der Waals surface area contributed by atoms with Gasteiger partial charge in [0.1, 0.15) is 5.82 Å². The molecule has 0 saturated carbocycles. The minimum absolute atomic E-state index is 0.0985. The fraction of sp³-hybridized carbons (Fsp3) is 0.368. The van der Waals surface area contributed by atoms with Crippen molar-refractivity contribution in [3.05, 3.63) is 58.7 Å². The van der Waals surface area contributed by atoms with Crippen molar-refractivity contribution in [2.75, 3.05) is 25.0 Å². The van der Waals surface area contributed by atoms with Crippen LogP contribution in [0.5, 0.6) is 0 Å². The standard InChI is InChI=1S/C19H22ClN3O2/c20-16-5-3-14(4-6-16)7-9-21-18-12-15(8-10-22-18)19(24)23-13-17-2-1-11-25-17/h3-6,8,10,12,17H,1-2,7,9,11,13H2,(H,21,22)(H,23,24). The highest BCUT2D eigenvalue weighted by Crippen LogP contribution is 2.12. The van der Waals surface area contributed by atoms with Crippen LogP contribution in [0.3, 0.4) is 0 Å². The maximum atomic E-state index is 12.2. The van der Waals surface area contributed by atoms with Gasteiger partial charge in [0.05, 0.1) is 6.10 Å². The average molecular weight is 360 g/mol. The van der Waals surface area contributed by atoms with Crippen molar-refractivity contribution in [1.29, 1.82) is 0 Å². The Morgan fingerprint density at radius 1 is 1.28 bits per heavy atom. The summed E-state index contributed by atoms with van der Waals surface area (Å²) in [7, 11) is 0. The minimum atomic E-state index is -0.0985. The second-order valence-electron chi connectivity index (χ2n) is 6.08. The molecule has 132 valence electrons. The van der Waals surface area contributed by atoms with Crippen LogP contribution in [-0.4, -0.2) is 36.7 Å². The van der Waals surface area contributed by atoms with Crippen LogP contribution in [0.15, 0.2) is 42.6 Å². The van der Waals surface area contributed by atoms with Crippen LogP contribution in [0.2, 0.25) is 5.02 Å². The second-order valence-corrected chi connectivity index (χ2v) is 6.51. The van der Waals surface area contributed by atoms with Crippen molar-refractivity contribution >= 4 is 23.3 Å². The van der Waals surface area contributed by atoms with E-state index in [1.165, 1.54) is 5.56 Å². The van der Waals surface area contributed by atoms with Gasteiger partial charge in [-0.15, -0.1) is 0 Å². The Balaban J connectivity index is 1.48. The summed E-state index contributed by atoms with van der Waals surface area (Å²) in [6.07, 6.45) is 4.72. The van der Waals surface area contributed by atoms with E-state index in [0.29, 0.717) is 17.9 Å². The van der Waals surface area contributed by atoms with E-state index in [1.807, 2.05) is 24.3 Å². The molecule has 1 fully saturated rings. The molecular weight excluding hydrogens is 338 g/mol. The van der Waals surface area contributed by atoms with Gasteiger partial charge in [-0.1, -0.05) is 23.7 Å². The van der Waals surface area contributed by atoms with Gasteiger partial charge in [-0.3, -0.25) is 4.79 Å². The summed E-state index contributed by atoms with van der Waals surface area (Å²) in [5.74, 6) is 0.595. The van der Waals surface area contributed by atoms with E-state index in [0.717, 1.165) is 37.4 Å². The van der Waals surface area contributed by atoms with Crippen molar-refractivity contribution in [3.8, 4) is 0 Å². The van der Waals surface area contributed by atoms with Crippen molar-refractivity contribution in [2.24, 2.45) is 0 Å². The highest BCUT2D eigenvalue weighted by atomic mass is 35.5. The molecule has 0 bridgehead atoms. The van der Waals surface area contributed by atoms with E-state index in [2.05, 4.69) is 15.6 Å². The molecule has 2 aromatic rings. The summed E-state index contributed by atoms with van der Waals surface area (Å²) in [6.45, 7) is 2.08. The third-order valence-corrected chi connectivity index (χ3v) is 4.42. The number of amides is 1. The van der Waals surface area contributed by atoms with Crippen LogP contribution in [0.1, 0.15) is 28.8 Å². The van der Waals surface area contributed by atoms with Crippen molar-refractivity contribution < 1.29 is 9.53 Å². The zero-order valence-electron chi connectivity index (χ0n) is 14.0. The van der Waals surface area contributed by atoms with Crippen LogP contribution in [0.25, 0.3) is 0 Å². The quantitative estimate of drug-likeness (QED) is 0.796. The number of pyridine rings is 1. The molecule has 1 unspecified atom stereocenters. The molecular formula is C19H22ClN3O2. The molecule has 0 spiro atoms. The lowest BCUT2D eigenvalue weighted by Crippen LogP contribution is -2.31. The molecule has 3 rings (SSSR count). The van der Waals surface area contributed by atoms with E-state index < -0.39 is 0 Å². The van der Waals surface area contributed by atoms with Gasteiger partial charge in [-0.05, 0) is 49.1 Å². The third-order valence-electron chi connectivity index (χ3n) is 4.17. The van der Waals surface area contributed by atoms with Crippen LogP contribution >= 0.6 is 11.6 Å². The van der Waals surface area contributed by atoms with E-state index >= 15 is 0 Å². The molecule has 5 nitrogen and oxygen atoms in total. The fourth-order valence-electron chi connectivity index (χ4n) is 2.77. The summed E-state index contributed by atoms with van der Waals surface area (Å²) >= 11 is 5.88. The first-order valence-corrected chi connectivity index (χ1v) is 8.93. The second kappa shape index (κ2) is 8.83. The van der Waals surface area contributed by atoms with Crippen LogP contribution in [0, 0.1) is 0 Å². The van der Waals surface area contributed by atoms with Gasteiger partial charge in [0.15, 0.2) is 0 Å². The van der Waals surface area contributed by atoms with Crippen molar-refractivity contribution in [3.63, 3.8) is 0 Å². The predicted octanol–water partition coefficient (Wildman–Crippen LogP) is 3.30. The lowest BCUT2D eigenvalue weighted by atomic mass is 10.1. The number of carbonyl (C=O) groups is 1. The Morgan fingerprint density at radius 2 is 2.12 bits per heavy atom. The summed E-state index contributed by atoms with van der Waals surface area (Å²) < 4.78 is 5.52. The molecule has 1 aliphatic rings. The number of hydrogen-bond acceptors (Lipinski definition) is 4. The Kier molecular flexibility index (Phi) is 6.25. The van der Waals surface area contributed by atoms with Gasteiger partial charge in [0.2, 0.25) is 0 Å². The Morgan fingerprint density at radius 3 is 2.88 bits per heavy atom. The number of nitrogens with one attached hydrogen (secondary N) is 2. The van der Waals surface area contributed by atoms with Crippen LogP contribution in [-0.2, 0) is 11.2 Å². The molecule has 2 heterocycles. The van der Waals surface area contributed by atoms with E-state index in [4.69, 9.17) is 16.3 Å². The number of halogens is 1. The molecule has 1 aromatic heterocycles. The minimum Gasteiger partial charge on any atom is -0.376 e. The molecule has 0 aliphatic carbocycles. The molecule has 6 heteroatoms. The summed E-state index contributed by atoms with van der Waals surface area (Å²) in [5.41, 5.74) is 1.80. The Labute approximate surface area is 152 Å². The first-order valence-electron chi connectivity index (χ1n) is 8.55. The smallest absolute Gasteiger partial charge is 0.251 e. The van der Waals surface area contributed by atoms with Gasteiger partial charge >= 0.3 is 0 Å². The van der Waals surface area contributed by atoms with Crippen LogP contribution < -0.4 is 10.6 Å². The van der Waals surface area contributed by atoms with Crippen LogP contribution in [0.4, 0.5) is 5.82 Å². The summed E-state index contributed by atoms with van der Waals surface area (Å²) in [5, 5.41) is 6.91. The SMILES string of the molecule is O=C(NCC1CCCO1)c1ccnc(NCCc2ccc(Cl)cc2)c1. The number of rotatable bonds is 7. The number of carbonyl (C=O) groups excluding carboxylic acids is 1. The number of ether oxygens (including phenoxy) is 1. The number of nitrogens with zero attached hydrogens (tertiary/aromatic N) is 1. The normalized spacial score (nSPS) is 16.6. The molecule has 1 amide bonds. The number of hydrogen-bond donors (Lipinski definition) is 2. The Bertz CT molecular complexity index is 700. The first kappa shape index (κ1) is 17.7. The van der Waals surface area contributed by atoms with Gasteiger partial charge in [-0.25, -0.2) is 4.98 Å². The van der Waals surface area contributed by atoms with Gasteiger partial charge in [-0.2, -0.15) is 0 Å². The highest BCUT2D eigenvalue weighted by Gasteiger charge is 2.16. The zero-order chi connectivity index (χ0) is 17.5. The molecule has 2 N–H and O–H groups in total. The maximum absolute atomic E-state index is 12.2. The number of aromatic nitrogens is 1. The maximum Gasteiger partial charge on any atom is 0.251 e. The predicted molar refractivity (Wildman–Crippen MR) is 99.2 cm³/mol. The van der Waals surface area contributed by atoms with Gasteiger partial charge in [0.25, 0.3) is 5.91 Å². The molecule has 1 aliphatic heterocycles. The van der Waals surface area contributed by atoms with Gasteiger partial charge < -0.3 is 15.4 Å². The van der Waals surface area contributed by atoms with E-state index in [-0.39, 0.29) is 12.0 Å². The molecule has 25 heavy (non-hydrogen) atoms. The zero-order valence-corrected chi connectivity index (χ0v) is 14.8.